The molecule has 2 amide bonds. The van der Waals surface area contributed by atoms with E-state index in [2.05, 4.69) is 10.3 Å². The molecule has 1 aliphatic heterocycles. The Morgan fingerprint density at radius 3 is 2.95 bits per heavy atom. The lowest BCUT2D eigenvalue weighted by Gasteiger charge is -2.11. The molecule has 1 aromatic carbocycles. The molecule has 0 bridgehead atoms. The van der Waals surface area contributed by atoms with Gasteiger partial charge in [-0.2, -0.15) is 0 Å². The van der Waals surface area contributed by atoms with Crippen LogP contribution in [0.3, 0.4) is 0 Å². The Morgan fingerprint density at radius 2 is 2.21 bits per heavy atom. The summed E-state index contributed by atoms with van der Waals surface area (Å²) in [5, 5.41) is 4.30. The third-order valence-electron chi connectivity index (χ3n) is 3.59. The summed E-state index contributed by atoms with van der Waals surface area (Å²) in [4.78, 5) is 27.6. The average Bonchev–Trinajstić information content (AvgIpc) is 2.98. The van der Waals surface area contributed by atoms with E-state index in [-0.39, 0.29) is 18.2 Å². The van der Waals surface area contributed by atoms with E-state index >= 15 is 0 Å². The van der Waals surface area contributed by atoms with E-state index in [0.29, 0.717) is 6.54 Å². The number of imide groups is 1. The van der Waals surface area contributed by atoms with Gasteiger partial charge in [-0.3, -0.25) is 14.5 Å². The fourth-order valence-electron chi connectivity index (χ4n) is 2.45. The van der Waals surface area contributed by atoms with Gasteiger partial charge in [0.2, 0.25) is 11.8 Å². The van der Waals surface area contributed by atoms with Crippen molar-refractivity contribution in [3.8, 4) is 0 Å². The molecule has 0 radical (unpaired) electrons. The molecule has 3 rings (SSSR count). The second kappa shape index (κ2) is 4.51. The van der Waals surface area contributed by atoms with E-state index in [0.717, 1.165) is 16.5 Å². The van der Waals surface area contributed by atoms with Gasteiger partial charge >= 0.3 is 0 Å². The molecular formula is C14H15N3O2. The second-order valence-corrected chi connectivity index (χ2v) is 4.79. The first-order valence-electron chi connectivity index (χ1n) is 6.25. The zero-order valence-electron chi connectivity index (χ0n) is 10.6. The number of fused-ring (bicyclic) bond motifs is 1. The summed E-state index contributed by atoms with van der Waals surface area (Å²) in [5.74, 6) is -0.274. The number of hydrogen-bond acceptors (Lipinski definition) is 3. The third-order valence-corrected chi connectivity index (χ3v) is 3.59. The number of nitrogens with one attached hydrogen (secondary N) is 2. The summed E-state index contributed by atoms with van der Waals surface area (Å²) >= 11 is 0. The summed E-state index contributed by atoms with van der Waals surface area (Å²) in [6.07, 6.45) is 2.14. The zero-order chi connectivity index (χ0) is 13.4. The Labute approximate surface area is 110 Å². The van der Waals surface area contributed by atoms with Crippen LogP contribution < -0.4 is 5.32 Å². The zero-order valence-corrected chi connectivity index (χ0v) is 10.6. The molecule has 98 valence electrons. The highest BCUT2D eigenvalue weighted by atomic mass is 16.2. The van der Waals surface area contributed by atoms with Crippen molar-refractivity contribution in [1.82, 2.24) is 15.2 Å². The molecule has 1 fully saturated rings. The van der Waals surface area contributed by atoms with Crippen molar-refractivity contribution in [1.29, 1.82) is 0 Å². The summed E-state index contributed by atoms with van der Waals surface area (Å²) in [7, 11) is 1.53. The molecule has 5 nitrogen and oxygen atoms in total. The number of H-pyrrole nitrogens is 1. The van der Waals surface area contributed by atoms with Crippen molar-refractivity contribution < 1.29 is 9.59 Å². The van der Waals surface area contributed by atoms with Crippen LogP contribution >= 0.6 is 0 Å². The molecule has 5 heteroatoms. The van der Waals surface area contributed by atoms with Crippen molar-refractivity contribution in [2.75, 3.05) is 7.05 Å². The number of carbonyl (C=O) groups excluding carboxylic acids is 2. The maximum Gasteiger partial charge on any atom is 0.246 e. The largest absolute Gasteiger partial charge is 0.361 e. The number of aromatic amines is 1. The van der Waals surface area contributed by atoms with Crippen molar-refractivity contribution in [3.05, 3.63) is 36.0 Å². The highest BCUT2D eigenvalue weighted by Gasteiger charge is 2.35. The van der Waals surface area contributed by atoms with E-state index in [4.69, 9.17) is 0 Å². The highest BCUT2D eigenvalue weighted by molar-refractivity contribution is 6.05. The average molecular weight is 257 g/mol. The van der Waals surface area contributed by atoms with Crippen LogP contribution in [0.2, 0.25) is 0 Å². The first-order chi connectivity index (χ1) is 9.16. The number of rotatable bonds is 3. The quantitative estimate of drug-likeness (QED) is 0.807. The second-order valence-electron chi connectivity index (χ2n) is 4.79. The lowest BCUT2D eigenvalue weighted by atomic mass is 10.1. The van der Waals surface area contributed by atoms with Crippen molar-refractivity contribution in [2.24, 2.45) is 0 Å². The van der Waals surface area contributed by atoms with Gasteiger partial charge in [-0.15, -0.1) is 0 Å². The molecule has 2 aromatic rings. The Balaban J connectivity index is 1.75. The van der Waals surface area contributed by atoms with Gasteiger partial charge in [-0.25, -0.2) is 0 Å². The Bertz CT molecular complexity index is 647. The van der Waals surface area contributed by atoms with Crippen molar-refractivity contribution >= 4 is 22.7 Å². The molecule has 1 unspecified atom stereocenters. The molecule has 19 heavy (non-hydrogen) atoms. The fraction of sp³-hybridized carbons (Fsp3) is 0.286. The minimum atomic E-state index is -0.400. The minimum Gasteiger partial charge on any atom is -0.361 e. The Kier molecular flexibility index (Phi) is 2.83. The maximum atomic E-state index is 11.8. The Morgan fingerprint density at radius 1 is 1.37 bits per heavy atom. The van der Waals surface area contributed by atoms with Crippen LogP contribution in [0.1, 0.15) is 12.0 Å². The summed E-state index contributed by atoms with van der Waals surface area (Å²) in [6, 6.07) is 7.64. The monoisotopic (exact) mass is 257 g/mol. The van der Waals surface area contributed by atoms with Gasteiger partial charge in [0, 0.05) is 25.3 Å². The molecule has 0 aliphatic carbocycles. The summed E-state index contributed by atoms with van der Waals surface area (Å²) in [6.45, 7) is 0.565. The molecule has 1 atom stereocenters. The van der Waals surface area contributed by atoms with E-state index in [1.807, 2.05) is 30.5 Å². The van der Waals surface area contributed by atoms with Crippen LogP contribution in [0, 0.1) is 0 Å². The maximum absolute atomic E-state index is 11.8. The third kappa shape index (κ3) is 2.02. The number of carbonyl (C=O) groups is 2. The van der Waals surface area contributed by atoms with Crippen LogP contribution in [0.15, 0.2) is 30.5 Å². The fourth-order valence-corrected chi connectivity index (χ4v) is 2.45. The number of amides is 2. The minimum absolute atomic E-state index is 0.124. The number of hydrogen-bond donors (Lipinski definition) is 2. The van der Waals surface area contributed by atoms with Crippen LogP contribution in [0.4, 0.5) is 0 Å². The molecule has 2 N–H and O–H groups in total. The van der Waals surface area contributed by atoms with Gasteiger partial charge in [0.05, 0.1) is 12.5 Å². The van der Waals surface area contributed by atoms with Gasteiger partial charge < -0.3 is 10.3 Å². The smallest absolute Gasteiger partial charge is 0.246 e. The summed E-state index contributed by atoms with van der Waals surface area (Å²) < 4.78 is 0. The predicted octanol–water partition coefficient (Wildman–Crippen LogP) is 1.01. The molecule has 0 spiro atoms. The predicted molar refractivity (Wildman–Crippen MR) is 71.3 cm³/mol. The number of likely N-dealkylation sites (N-methyl/N-ethyl adjacent to an activating group) is 1. The lowest BCUT2D eigenvalue weighted by molar-refractivity contribution is -0.137. The molecule has 1 aliphatic rings. The number of para-hydroxylation sites is 1. The molecule has 2 heterocycles. The van der Waals surface area contributed by atoms with E-state index in [1.54, 1.807) is 0 Å². The van der Waals surface area contributed by atoms with Crippen LogP contribution in [0.5, 0.6) is 0 Å². The van der Waals surface area contributed by atoms with Crippen LogP contribution in [0.25, 0.3) is 10.9 Å². The van der Waals surface area contributed by atoms with E-state index in [9.17, 15) is 9.59 Å². The lowest BCUT2D eigenvalue weighted by Crippen LogP contribution is -2.36. The number of benzene rings is 1. The van der Waals surface area contributed by atoms with Gasteiger partial charge in [-0.05, 0) is 17.0 Å². The number of likely N-dealkylation sites (tertiary alicyclic amines) is 1. The first kappa shape index (κ1) is 11.9. The molecule has 1 saturated heterocycles. The molecular weight excluding hydrogens is 242 g/mol. The van der Waals surface area contributed by atoms with Gasteiger partial charge in [0.1, 0.15) is 0 Å². The van der Waals surface area contributed by atoms with Gasteiger partial charge in [0.25, 0.3) is 0 Å². The SMILES string of the molecule is CN1C(=O)CC(NCc2cccc3cc[nH]c23)C1=O. The van der Waals surface area contributed by atoms with Gasteiger partial charge in [-0.1, -0.05) is 18.2 Å². The standard InChI is InChI=1S/C14H15N3O2/c1-17-12(18)7-11(14(17)19)16-8-10-4-2-3-9-5-6-15-13(9)10/h2-6,11,15-16H,7-8H2,1H3. The van der Waals surface area contributed by atoms with E-state index < -0.39 is 6.04 Å². The van der Waals surface area contributed by atoms with Crippen LogP contribution in [-0.2, 0) is 16.1 Å². The van der Waals surface area contributed by atoms with E-state index in [1.165, 1.54) is 11.9 Å². The van der Waals surface area contributed by atoms with Crippen molar-refractivity contribution in [2.45, 2.75) is 19.0 Å². The van der Waals surface area contributed by atoms with Crippen LogP contribution in [-0.4, -0.2) is 34.8 Å². The van der Waals surface area contributed by atoms with Gasteiger partial charge in [0.15, 0.2) is 0 Å². The normalized spacial score (nSPS) is 19.6. The summed E-state index contributed by atoms with van der Waals surface area (Å²) in [5.41, 5.74) is 2.16. The number of aromatic nitrogens is 1. The highest BCUT2D eigenvalue weighted by Crippen LogP contribution is 2.18. The molecule has 1 aromatic heterocycles. The van der Waals surface area contributed by atoms with Crippen molar-refractivity contribution in [3.63, 3.8) is 0 Å². The molecule has 0 saturated carbocycles. The first-order valence-corrected chi connectivity index (χ1v) is 6.25. The Hall–Kier alpha value is -2.14. The number of nitrogens with zero attached hydrogens (tertiary/aromatic N) is 1. The topological polar surface area (TPSA) is 65.2 Å².